The molecule has 0 aliphatic carbocycles. The fourth-order valence-corrected chi connectivity index (χ4v) is 2.63. The normalized spacial score (nSPS) is 12.8. The van der Waals surface area contributed by atoms with E-state index < -0.39 is 10.1 Å². The lowest BCUT2D eigenvalue weighted by Crippen LogP contribution is -2.05. The number of aromatic nitrogens is 2. The minimum absolute atomic E-state index is 0.191. The van der Waals surface area contributed by atoms with Crippen LogP contribution in [0.4, 0.5) is 0 Å². The molecule has 0 aliphatic rings. The van der Waals surface area contributed by atoms with Gasteiger partial charge in [-0.05, 0) is 14.9 Å². The van der Waals surface area contributed by atoms with Crippen molar-refractivity contribution in [1.82, 2.24) is 9.32 Å². The number of hydrogen-bond donors (Lipinski definition) is 1. The molecule has 0 saturated heterocycles. The van der Waals surface area contributed by atoms with Crippen LogP contribution in [0.1, 0.15) is 0 Å². The standard InChI is InChI=1S/C5H9N2O3PS/c8-12(9,10)4-3-11-7-2-1-6-5-7/h1-2,5,11H,3-4H2,(H,8,9,10). The van der Waals surface area contributed by atoms with Gasteiger partial charge in [0.2, 0.25) is 0 Å². The third-order valence-electron chi connectivity index (χ3n) is 1.16. The van der Waals surface area contributed by atoms with Crippen LogP contribution in [0.15, 0.2) is 18.7 Å². The predicted molar refractivity (Wildman–Crippen MR) is 47.2 cm³/mol. The molecule has 0 bridgehead atoms. The van der Waals surface area contributed by atoms with Gasteiger partial charge in [0.05, 0.1) is 12.1 Å². The van der Waals surface area contributed by atoms with Gasteiger partial charge in [-0.1, -0.05) is 0 Å². The Labute approximate surface area is 72.4 Å². The van der Waals surface area contributed by atoms with Crippen molar-refractivity contribution >= 4 is 18.8 Å². The lowest BCUT2D eigenvalue weighted by molar-refractivity contribution is 0.485. The minimum Gasteiger partial charge on any atom is -0.319 e. The van der Waals surface area contributed by atoms with E-state index in [-0.39, 0.29) is 5.75 Å². The summed E-state index contributed by atoms with van der Waals surface area (Å²) < 4.78 is 30.8. The van der Waals surface area contributed by atoms with Gasteiger partial charge in [-0.15, -0.1) is 0 Å². The van der Waals surface area contributed by atoms with Crippen molar-refractivity contribution in [3.8, 4) is 0 Å². The summed E-state index contributed by atoms with van der Waals surface area (Å²) in [6.45, 7) is 0. The van der Waals surface area contributed by atoms with Gasteiger partial charge >= 0.3 is 0 Å². The number of rotatable bonds is 4. The smallest absolute Gasteiger partial charge is 0.265 e. The first-order valence-corrected chi connectivity index (χ1v) is 6.01. The summed E-state index contributed by atoms with van der Waals surface area (Å²) in [5, 5.41) is 0. The Balaban J connectivity index is 2.29. The average Bonchev–Trinajstić information content (AvgIpc) is 2.36. The Kier molecular flexibility index (Phi) is 3.20. The molecule has 0 fully saturated rings. The lowest BCUT2D eigenvalue weighted by atomic mass is 11.0. The quantitative estimate of drug-likeness (QED) is 0.567. The van der Waals surface area contributed by atoms with Crippen LogP contribution < -0.4 is 0 Å². The molecular weight excluding hydrogens is 199 g/mol. The van der Waals surface area contributed by atoms with Crippen molar-refractivity contribution in [2.24, 2.45) is 0 Å². The van der Waals surface area contributed by atoms with Gasteiger partial charge in [0.25, 0.3) is 10.1 Å². The highest BCUT2D eigenvalue weighted by Gasteiger charge is 2.02. The maximum absolute atomic E-state index is 10.3. The first-order chi connectivity index (χ1) is 5.58. The first kappa shape index (κ1) is 9.64. The van der Waals surface area contributed by atoms with E-state index in [1.165, 1.54) is 0 Å². The van der Waals surface area contributed by atoms with E-state index in [1.54, 1.807) is 23.1 Å². The van der Waals surface area contributed by atoms with E-state index >= 15 is 0 Å². The summed E-state index contributed by atoms with van der Waals surface area (Å²) in [5.74, 6) is -0.191. The summed E-state index contributed by atoms with van der Waals surface area (Å²) in [7, 11) is -3.49. The SMILES string of the molecule is O=S(=O)(O)CCPn1ccnc1. The van der Waals surface area contributed by atoms with Crippen molar-refractivity contribution in [2.45, 2.75) is 0 Å². The van der Waals surface area contributed by atoms with E-state index in [0.717, 1.165) is 0 Å². The first-order valence-electron chi connectivity index (χ1n) is 3.25. The Morgan fingerprint density at radius 2 is 2.33 bits per heavy atom. The maximum Gasteiger partial charge on any atom is 0.265 e. The molecule has 68 valence electrons. The van der Waals surface area contributed by atoms with E-state index in [2.05, 4.69) is 4.98 Å². The van der Waals surface area contributed by atoms with Crippen LogP contribution in [-0.2, 0) is 10.1 Å². The molecule has 1 unspecified atom stereocenters. The molecule has 0 saturated carbocycles. The highest BCUT2D eigenvalue weighted by atomic mass is 32.2. The second-order valence-electron chi connectivity index (χ2n) is 2.16. The average molecular weight is 208 g/mol. The molecule has 1 rings (SSSR count). The topological polar surface area (TPSA) is 72.2 Å². The third kappa shape index (κ3) is 3.80. The van der Waals surface area contributed by atoms with E-state index in [1.807, 2.05) is 0 Å². The van der Waals surface area contributed by atoms with Crippen LogP contribution in [0, 0.1) is 0 Å². The second-order valence-corrected chi connectivity index (χ2v) is 5.07. The summed E-state index contributed by atoms with van der Waals surface area (Å²) in [6.07, 6.45) is 5.42. The van der Waals surface area contributed by atoms with Gasteiger partial charge in [0.1, 0.15) is 0 Å². The monoisotopic (exact) mass is 208 g/mol. The van der Waals surface area contributed by atoms with Crippen LogP contribution in [0.2, 0.25) is 0 Å². The molecule has 1 aromatic heterocycles. The summed E-state index contributed by atoms with van der Waals surface area (Å²) >= 11 is 0. The van der Waals surface area contributed by atoms with Gasteiger partial charge in [0.15, 0.2) is 0 Å². The third-order valence-corrected chi connectivity index (χ3v) is 3.34. The van der Waals surface area contributed by atoms with Gasteiger partial charge in [-0.3, -0.25) is 4.55 Å². The van der Waals surface area contributed by atoms with Gasteiger partial charge in [0, 0.05) is 12.4 Å². The molecule has 0 aromatic carbocycles. The number of imidazole rings is 1. The minimum atomic E-state index is -3.80. The highest BCUT2D eigenvalue weighted by Crippen LogP contribution is 2.12. The van der Waals surface area contributed by atoms with E-state index in [9.17, 15) is 8.42 Å². The van der Waals surface area contributed by atoms with E-state index in [0.29, 0.717) is 14.9 Å². The summed E-state index contributed by atoms with van der Waals surface area (Å²) in [6, 6.07) is 0. The van der Waals surface area contributed by atoms with E-state index in [4.69, 9.17) is 4.55 Å². The Morgan fingerprint density at radius 3 is 2.83 bits per heavy atom. The number of hydrogen-bond acceptors (Lipinski definition) is 3. The molecule has 1 N–H and O–H groups in total. The second kappa shape index (κ2) is 3.98. The molecular formula is C5H9N2O3PS. The van der Waals surface area contributed by atoms with Gasteiger partial charge in [-0.25, -0.2) is 4.98 Å². The molecule has 1 aromatic rings. The van der Waals surface area contributed by atoms with Gasteiger partial charge < -0.3 is 4.34 Å². The molecule has 12 heavy (non-hydrogen) atoms. The highest BCUT2D eigenvalue weighted by molar-refractivity contribution is 7.86. The molecule has 0 amide bonds. The zero-order chi connectivity index (χ0) is 9.03. The fraction of sp³-hybridized carbons (Fsp3) is 0.400. The molecule has 0 aliphatic heterocycles. The van der Waals surface area contributed by atoms with Crippen LogP contribution >= 0.6 is 8.73 Å². The van der Waals surface area contributed by atoms with Crippen LogP contribution in [-0.4, -0.2) is 34.2 Å². The summed E-state index contributed by atoms with van der Waals surface area (Å²) in [4.78, 5) is 3.80. The Hall–Kier alpha value is -0.450. The largest absolute Gasteiger partial charge is 0.319 e. The molecule has 1 heterocycles. The fourth-order valence-electron chi connectivity index (χ4n) is 0.656. The van der Waals surface area contributed by atoms with Crippen molar-refractivity contribution in [1.29, 1.82) is 0 Å². The zero-order valence-corrected chi connectivity index (χ0v) is 8.03. The Morgan fingerprint density at radius 1 is 1.58 bits per heavy atom. The molecule has 0 radical (unpaired) electrons. The zero-order valence-electron chi connectivity index (χ0n) is 6.21. The van der Waals surface area contributed by atoms with Crippen molar-refractivity contribution in [3.05, 3.63) is 18.7 Å². The van der Waals surface area contributed by atoms with Gasteiger partial charge in [-0.2, -0.15) is 8.42 Å². The lowest BCUT2D eigenvalue weighted by Gasteiger charge is -1.98. The van der Waals surface area contributed by atoms with Crippen molar-refractivity contribution < 1.29 is 13.0 Å². The maximum atomic E-state index is 10.3. The van der Waals surface area contributed by atoms with Crippen LogP contribution in [0.25, 0.3) is 0 Å². The molecule has 5 nitrogen and oxygen atoms in total. The molecule has 1 atom stereocenters. The number of nitrogens with zero attached hydrogens (tertiary/aromatic N) is 2. The Bertz CT molecular complexity index is 320. The van der Waals surface area contributed by atoms with Crippen molar-refractivity contribution in [3.63, 3.8) is 0 Å². The molecule has 7 heteroatoms. The molecule has 0 spiro atoms. The van der Waals surface area contributed by atoms with Crippen LogP contribution in [0.5, 0.6) is 0 Å². The summed E-state index contributed by atoms with van der Waals surface area (Å²) in [5.41, 5.74) is 0. The predicted octanol–water partition coefficient (Wildman–Crippen LogP) is 0.213. The van der Waals surface area contributed by atoms with Crippen molar-refractivity contribution in [2.75, 3.05) is 11.9 Å². The van der Waals surface area contributed by atoms with Crippen LogP contribution in [0.3, 0.4) is 0 Å².